The summed E-state index contributed by atoms with van der Waals surface area (Å²) in [5.41, 5.74) is 4.91. The maximum atomic E-state index is 12.9. The molecule has 0 bridgehead atoms. The fourth-order valence-electron chi connectivity index (χ4n) is 4.31. The molecule has 0 aliphatic carbocycles. The summed E-state index contributed by atoms with van der Waals surface area (Å²) >= 11 is 0. The van der Waals surface area contributed by atoms with Crippen LogP contribution in [-0.2, 0) is 0 Å². The molecule has 1 aliphatic heterocycles. The summed E-state index contributed by atoms with van der Waals surface area (Å²) in [6.45, 7) is 1.44. The van der Waals surface area contributed by atoms with Gasteiger partial charge in [-0.2, -0.15) is 0 Å². The lowest BCUT2D eigenvalue weighted by atomic mass is 9.88. The van der Waals surface area contributed by atoms with Gasteiger partial charge in [0, 0.05) is 54.3 Å². The minimum absolute atomic E-state index is 0.103. The van der Waals surface area contributed by atoms with Crippen LogP contribution in [-0.4, -0.2) is 38.8 Å². The maximum Gasteiger partial charge on any atom is 0.253 e. The maximum absolute atomic E-state index is 12.9. The third-order valence-electron chi connectivity index (χ3n) is 6.03. The molecule has 4 aromatic rings. The van der Waals surface area contributed by atoms with Crippen LogP contribution < -0.4 is 0 Å². The highest BCUT2D eigenvalue weighted by Crippen LogP contribution is 2.35. The molecular weight excluding hydrogens is 396 g/mol. The number of likely N-dealkylation sites (tertiary alicyclic amines) is 1. The minimum atomic E-state index is 0.103. The van der Waals surface area contributed by atoms with Gasteiger partial charge in [-0.05, 0) is 42.7 Å². The number of pyridine rings is 1. The van der Waals surface area contributed by atoms with Crippen LogP contribution >= 0.6 is 0 Å². The van der Waals surface area contributed by atoms with Crippen LogP contribution in [0.25, 0.3) is 22.5 Å². The van der Waals surface area contributed by atoms with Gasteiger partial charge in [-0.3, -0.25) is 9.78 Å². The Kier molecular flexibility index (Phi) is 5.71. The van der Waals surface area contributed by atoms with Crippen LogP contribution in [0.5, 0.6) is 0 Å². The molecule has 0 saturated carbocycles. The van der Waals surface area contributed by atoms with Gasteiger partial charge >= 0.3 is 0 Å². The Hall–Kier alpha value is -3.86. The van der Waals surface area contributed by atoms with Crippen molar-refractivity contribution in [1.82, 2.24) is 19.9 Å². The second-order valence-corrected chi connectivity index (χ2v) is 8.03. The van der Waals surface area contributed by atoms with Crippen molar-refractivity contribution in [3.8, 4) is 22.5 Å². The van der Waals surface area contributed by atoms with Crippen molar-refractivity contribution in [3.63, 3.8) is 0 Å². The molecule has 32 heavy (non-hydrogen) atoms. The Morgan fingerprint density at radius 3 is 2.16 bits per heavy atom. The van der Waals surface area contributed by atoms with Crippen molar-refractivity contribution in [1.29, 1.82) is 0 Å². The Morgan fingerprint density at radius 2 is 1.47 bits per heavy atom. The van der Waals surface area contributed by atoms with Gasteiger partial charge in [-0.1, -0.05) is 48.5 Å². The summed E-state index contributed by atoms with van der Waals surface area (Å²) in [5.74, 6) is 1.11. The molecular formula is C27H24N4O. The fourth-order valence-corrected chi connectivity index (χ4v) is 4.31. The van der Waals surface area contributed by atoms with Crippen LogP contribution in [0.15, 0.2) is 91.4 Å². The van der Waals surface area contributed by atoms with Crippen LogP contribution in [0.4, 0.5) is 0 Å². The second kappa shape index (κ2) is 9.10. The summed E-state index contributed by atoms with van der Waals surface area (Å²) in [6.07, 6.45) is 7.28. The Morgan fingerprint density at radius 1 is 0.812 bits per heavy atom. The van der Waals surface area contributed by atoms with E-state index in [0.29, 0.717) is 0 Å². The number of hydrogen-bond donors (Lipinski definition) is 0. The van der Waals surface area contributed by atoms with Crippen LogP contribution in [0.1, 0.15) is 34.8 Å². The summed E-state index contributed by atoms with van der Waals surface area (Å²) in [6, 6.07) is 23.6. The lowest BCUT2D eigenvalue weighted by molar-refractivity contribution is 0.0712. The fraction of sp³-hybridized carbons (Fsp3) is 0.185. The molecule has 1 amide bonds. The van der Waals surface area contributed by atoms with Crippen molar-refractivity contribution in [2.45, 2.75) is 18.8 Å². The molecule has 5 nitrogen and oxygen atoms in total. The van der Waals surface area contributed by atoms with E-state index in [2.05, 4.69) is 9.97 Å². The highest BCUT2D eigenvalue weighted by molar-refractivity contribution is 5.94. The molecule has 1 fully saturated rings. The zero-order valence-corrected chi connectivity index (χ0v) is 17.8. The number of benzene rings is 2. The molecule has 1 aliphatic rings. The van der Waals surface area contributed by atoms with E-state index in [1.807, 2.05) is 83.9 Å². The number of rotatable bonds is 4. The molecule has 1 saturated heterocycles. The lowest BCUT2D eigenvalue weighted by Crippen LogP contribution is -2.38. The molecule has 2 aromatic carbocycles. The van der Waals surface area contributed by atoms with Crippen LogP contribution in [0, 0.1) is 0 Å². The van der Waals surface area contributed by atoms with E-state index >= 15 is 0 Å². The van der Waals surface area contributed by atoms with Gasteiger partial charge in [0.2, 0.25) is 0 Å². The van der Waals surface area contributed by atoms with Gasteiger partial charge in [-0.15, -0.1) is 0 Å². The average Bonchev–Trinajstić information content (AvgIpc) is 2.89. The van der Waals surface area contributed by atoms with Gasteiger partial charge in [0.25, 0.3) is 5.91 Å². The first-order valence-corrected chi connectivity index (χ1v) is 11.0. The summed E-state index contributed by atoms with van der Waals surface area (Å²) in [5, 5.41) is 0. The number of aromatic nitrogens is 3. The van der Waals surface area contributed by atoms with E-state index < -0.39 is 0 Å². The number of amides is 1. The second-order valence-electron chi connectivity index (χ2n) is 8.03. The zero-order chi connectivity index (χ0) is 21.8. The average molecular weight is 421 g/mol. The first kappa shape index (κ1) is 20.1. The Labute approximate surface area is 187 Å². The van der Waals surface area contributed by atoms with Crippen molar-refractivity contribution >= 4 is 5.91 Å². The number of piperidine rings is 1. The summed E-state index contributed by atoms with van der Waals surface area (Å²) < 4.78 is 0. The van der Waals surface area contributed by atoms with Crippen molar-refractivity contribution < 1.29 is 4.79 Å². The predicted octanol–water partition coefficient (Wildman–Crippen LogP) is 5.23. The molecule has 0 atom stereocenters. The normalized spacial score (nSPS) is 14.3. The van der Waals surface area contributed by atoms with Gasteiger partial charge in [0.05, 0.1) is 5.69 Å². The summed E-state index contributed by atoms with van der Waals surface area (Å²) in [4.78, 5) is 28.7. The quantitative estimate of drug-likeness (QED) is 0.454. The molecule has 5 rings (SSSR count). The number of carbonyl (C=O) groups is 1. The lowest BCUT2D eigenvalue weighted by Gasteiger charge is -2.32. The van der Waals surface area contributed by atoms with Crippen molar-refractivity contribution in [3.05, 3.63) is 103 Å². The first-order valence-electron chi connectivity index (χ1n) is 11.0. The van der Waals surface area contributed by atoms with E-state index in [9.17, 15) is 4.79 Å². The largest absolute Gasteiger partial charge is 0.339 e. The summed E-state index contributed by atoms with van der Waals surface area (Å²) in [7, 11) is 0. The number of nitrogens with zero attached hydrogens (tertiary/aromatic N) is 4. The van der Waals surface area contributed by atoms with E-state index in [1.54, 1.807) is 12.4 Å². The number of carbonyl (C=O) groups excluding carboxylic acids is 1. The minimum Gasteiger partial charge on any atom is -0.339 e. The van der Waals surface area contributed by atoms with E-state index in [0.717, 1.165) is 59.7 Å². The van der Waals surface area contributed by atoms with Crippen LogP contribution in [0.3, 0.4) is 0 Å². The number of hydrogen-bond acceptors (Lipinski definition) is 4. The van der Waals surface area contributed by atoms with Crippen LogP contribution in [0.2, 0.25) is 0 Å². The topological polar surface area (TPSA) is 59.0 Å². The highest BCUT2D eigenvalue weighted by Gasteiger charge is 2.27. The molecule has 0 radical (unpaired) electrons. The van der Waals surface area contributed by atoms with E-state index in [4.69, 9.17) is 4.98 Å². The van der Waals surface area contributed by atoms with Crippen molar-refractivity contribution in [2.75, 3.05) is 13.1 Å². The molecule has 0 N–H and O–H groups in total. The molecule has 158 valence electrons. The van der Waals surface area contributed by atoms with Gasteiger partial charge < -0.3 is 4.90 Å². The third kappa shape index (κ3) is 4.14. The molecule has 2 aromatic heterocycles. The SMILES string of the molecule is O=C(c1ccccc1)N1CCC(c2nc(-c3ccccc3)ncc2-c2ccncc2)CC1. The first-order chi connectivity index (χ1) is 15.8. The highest BCUT2D eigenvalue weighted by atomic mass is 16.2. The standard InChI is InChI=1S/C27H24N4O/c32-27(23-9-5-2-6-10-23)31-17-13-21(14-18-31)25-24(20-11-15-28-16-12-20)19-29-26(30-25)22-7-3-1-4-8-22/h1-12,15-16,19,21H,13-14,17-18H2. The zero-order valence-electron chi connectivity index (χ0n) is 17.8. The molecule has 3 heterocycles. The smallest absolute Gasteiger partial charge is 0.253 e. The Balaban J connectivity index is 1.43. The van der Waals surface area contributed by atoms with E-state index in [1.165, 1.54) is 0 Å². The molecule has 5 heteroatoms. The molecule has 0 spiro atoms. The van der Waals surface area contributed by atoms with Crippen molar-refractivity contribution in [2.24, 2.45) is 0 Å². The van der Waals surface area contributed by atoms with Gasteiger partial charge in [-0.25, -0.2) is 9.97 Å². The Bertz CT molecular complexity index is 1190. The van der Waals surface area contributed by atoms with Gasteiger partial charge in [0.1, 0.15) is 0 Å². The third-order valence-corrected chi connectivity index (χ3v) is 6.03. The van der Waals surface area contributed by atoms with Gasteiger partial charge in [0.15, 0.2) is 5.82 Å². The molecule has 0 unspecified atom stereocenters. The predicted molar refractivity (Wildman–Crippen MR) is 125 cm³/mol. The van der Waals surface area contributed by atoms with E-state index in [-0.39, 0.29) is 11.8 Å². The monoisotopic (exact) mass is 420 g/mol.